The SMILES string of the molecule is COc1cc(C)ccc1OCCNC(=O)NCCC(C)C. The van der Waals surface area contributed by atoms with Crippen molar-refractivity contribution < 1.29 is 14.3 Å². The van der Waals surface area contributed by atoms with Gasteiger partial charge in [0, 0.05) is 6.54 Å². The summed E-state index contributed by atoms with van der Waals surface area (Å²) >= 11 is 0. The van der Waals surface area contributed by atoms with Crippen LogP contribution in [0.1, 0.15) is 25.8 Å². The lowest BCUT2D eigenvalue weighted by molar-refractivity contribution is 0.235. The molecule has 1 rings (SSSR count). The maximum atomic E-state index is 11.5. The molecule has 0 aliphatic heterocycles. The highest BCUT2D eigenvalue weighted by Crippen LogP contribution is 2.27. The minimum atomic E-state index is -0.157. The normalized spacial score (nSPS) is 10.3. The maximum absolute atomic E-state index is 11.5. The quantitative estimate of drug-likeness (QED) is 0.725. The number of carbonyl (C=O) groups excluding carboxylic acids is 1. The van der Waals surface area contributed by atoms with Gasteiger partial charge in [-0.1, -0.05) is 19.9 Å². The van der Waals surface area contributed by atoms with Crippen molar-refractivity contribution in [2.45, 2.75) is 27.2 Å². The van der Waals surface area contributed by atoms with Crippen LogP contribution in [0.25, 0.3) is 0 Å². The van der Waals surface area contributed by atoms with Gasteiger partial charge in [-0.25, -0.2) is 4.79 Å². The zero-order chi connectivity index (χ0) is 15.7. The molecule has 0 aromatic heterocycles. The number of carbonyl (C=O) groups is 1. The molecule has 2 amide bonds. The van der Waals surface area contributed by atoms with E-state index in [0.717, 1.165) is 12.0 Å². The predicted molar refractivity (Wildman–Crippen MR) is 84.1 cm³/mol. The average Bonchev–Trinajstić information content (AvgIpc) is 2.44. The van der Waals surface area contributed by atoms with Crippen molar-refractivity contribution in [2.75, 3.05) is 26.8 Å². The van der Waals surface area contributed by atoms with Crippen LogP contribution < -0.4 is 20.1 Å². The van der Waals surface area contributed by atoms with E-state index in [9.17, 15) is 4.79 Å². The Morgan fingerprint density at radius 3 is 2.57 bits per heavy atom. The van der Waals surface area contributed by atoms with E-state index < -0.39 is 0 Å². The van der Waals surface area contributed by atoms with Crippen molar-refractivity contribution in [3.8, 4) is 11.5 Å². The van der Waals surface area contributed by atoms with Crippen molar-refractivity contribution >= 4 is 6.03 Å². The summed E-state index contributed by atoms with van der Waals surface area (Å²) in [4.78, 5) is 11.5. The molecular weight excluding hydrogens is 268 g/mol. The number of ether oxygens (including phenoxy) is 2. The van der Waals surface area contributed by atoms with Gasteiger partial charge >= 0.3 is 6.03 Å². The molecule has 1 aromatic rings. The van der Waals surface area contributed by atoms with Crippen molar-refractivity contribution in [3.05, 3.63) is 23.8 Å². The number of hydrogen-bond acceptors (Lipinski definition) is 3. The fourth-order valence-electron chi connectivity index (χ4n) is 1.76. The molecule has 0 bridgehead atoms. The Balaban J connectivity index is 2.23. The van der Waals surface area contributed by atoms with E-state index in [4.69, 9.17) is 9.47 Å². The van der Waals surface area contributed by atoms with Crippen molar-refractivity contribution in [3.63, 3.8) is 0 Å². The largest absolute Gasteiger partial charge is 0.493 e. The average molecular weight is 294 g/mol. The van der Waals surface area contributed by atoms with E-state index in [1.165, 1.54) is 0 Å². The van der Waals surface area contributed by atoms with Crippen LogP contribution in [0.3, 0.4) is 0 Å². The summed E-state index contributed by atoms with van der Waals surface area (Å²) in [6.45, 7) is 7.79. The number of amides is 2. The summed E-state index contributed by atoms with van der Waals surface area (Å²) in [5, 5.41) is 5.57. The van der Waals surface area contributed by atoms with Crippen LogP contribution in [-0.4, -0.2) is 32.8 Å². The highest BCUT2D eigenvalue weighted by molar-refractivity contribution is 5.73. The lowest BCUT2D eigenvalue weighted by Gasteiger charge is -2.12. The van der Waals surface area contributed by atoms with Crippen LogP contribution in [0.15, 0.2) is 18.2 Å². The smallest absolute Gasteiger partial charge is 0.314 e. The molecule has 5 heteroatoms. The van der Waals surface area contributed by atoms with Gasteiger partial charge in [0.25, 0.3) is 0 Å². The molecule has 2 N–H and O–H groups in total. The Bertz CT molecular complexity index is 447. The van der Waals surface area contributed by atoms with Gasteiger partial charge in [-0.2, -0.15) is 0 Å². The molecule has 0 radical (unpaired) electrons. The molecular formula is C16H26N2O3. The third kappa shape index (κ3) is 6.88. The first-order valence-corrected chi connectivity index (χ1v) is 7.32. The summed E-state index contributed by atoms with van der Waals surface area (Å²) in [6, 6.07) is 5.59. The van der Waals surface area contributed by atoms with Gasteiger partial charge in [0.05, 0.1) is 13.7 Å². The van der Waals surface area contributed by atoms with E-state index in [1.807, 2.05) is 25.1 Å². The minimum Gasteiger partial charge on any atom is -0.493 e. The van der Waals surface area contributed by atoms with E-state index >= 15 is 0 Å². The highest BCUT2D eigenvalue weighted by atomic mass is 16.5. The second kappa shape index (κ2) is 9.10. The maximum Gasteiger partial charge on any atom is 0.314 e. The predicted octanol–water partition coefficient (Wildman–Crippen LogP) is 2.73. The Kier molecular flexibility index (Phi) is 7.43. The molecule has 0 unspecified atom stereocenters. The van der Waals surface area contributed by atoms with Crippen LogP contribution in [0, 0.1) is 12.8 Å². The van der Waals surface area contributed by atoms with E-state index in [2.05, 4.69) is 24.5 Å². The molecule has 0 aliphatic carbocycles. The van der Waals surface area contributed by atoms with Gasteiger partial charge in [-0.05, 0) is 37.0 Å². The van der Waals surface area contributed by atoms with Gasteiger partial charge in [0.1, 0.15) is 6.61 Å². The zero-order valence-corrected chi connectivity index (χ0v) is 13.4. The van der Waals surface area contributed by atoms with Crippen LogP contribution >= 0.6 is 0 Å². The Labute approximate surface area is 127 Å². The summed E-state index contributed by atoms with van der Waals surface area (Å²) in [6.07, 6.45) is 0.977. The van der Waals surface area contributed by atoms with Crippen molar-refractivity contribution in [1.82, 2.24) is 10.6 Å². The van der Waals surface area contributed by atoms with E-state index in [-0.39, 0.29) is 6.03 Å². The van der Waals surface area contributed by atoms with Gasteiger partial charge in [0.15, 0.2) is 11.5 Å². The number of benzene rings is 1. The zero-order valence-electron chi connectivity index (χ0n) is 13.4. The number of hydrogen-bond donors (Lipinski definition) is 2. The monoisotopic (exact) mass is 294 g/mol. The van der Waals surface area contributed by atoms with Crippen LogP contribution in [-0.2, 0) is 0 Å². The Hall–Kier alpha value is -1.91. The number of methoxy groups -OCH3 is 1. The highest BCUT2D eigenvalue weighted by Gasteiger charge is 2.05. The fourth-order valence-corrected chi connectivity index (χ4v) is 1.76. The lowest BCUT2D eigenvalue weighted by Crippen LogP contribution is -2.38. The Morgan fingerprint density at radius 2 is 1.90 bits per heavy atom. The summed E-state index contributed by atoms with van der Waals surface area (Å²) in [5.41, 5.74) is 1.11. The molecule has 0 aliphatic rings. The summed E-state index contributed by atoms with van der Waals surface area (Å²) in [7, 11) is 1.61. The van der Waals surface area contributed by atoms with E-state index in [0.29, 0.717) is 37.1 Å². The third-order valence-electron chi connectivity index (χ3n) is 2.97. The number of rotatable bonds is 8. The molecule has 0 atom stereocenters. The molecule has 5 nitrogen and oxygen atoms in total. The second-order valence-corrected chi connectivity index (χ2v) is 5.37. The van der Waals surface area contributed by atoms with Crippen molar-refractivity contribution in [2.24, 2.45) is 5.92 Å². The molecule has 0 saturated heterocycles. The molecule has 0 fully saturated rings. The first-order chi connectivity index (χ1) is 10.0. The van der Waals surface area contributed by atoms with Crippen molar-refractivity contribution in [1.29, 1.82) is 0 Å². The molecule has 21 heavy (non-hydrogen) atoms. The molecule has 1 aromatic carbocycles. The van der Waals surface area contributed by atoms with Gasteiger partial charge in [0.2, 0.25) is 0 Å². The molecule has 0 spiro atoms. The van der Waals surface area contributed by atoms with Gasteiger partial charge in [-0.3, -0.25) is 0 Å². The topological polar surface area (TPSA) is 59.6 Å². The van der Waals surface area contributed by atoms with Gasteiger partial charge in [-0.15, -0.1) is 0 Å². The standard InChI is InChI=1S/C16H26N2O3/c1-12(2)7-8-17-16(19)18-9-10-21-14-6-5-13(3)11-15(14)20-4/h5-6,11-12H,7-10H2,1-4H3,(H2,17,18,19). The van der Waals surface area contributed by atoms with Crippen LogP contribution in [0.2, 0.25) is 0 Å². The van der Waals surface area contributed by atoms with E-state index in [1.54, 1.807) is 7.11 Å². The van der Waals surface area contributed by atoms with Crippen LogP contribution in [0.4, 0.5) is 4.79 Å². The molecule has 0 saturated carbocycles. The summed E-state index contributed by atoms with van der Waals surface area (Å²) in [5.74, 6) is 1.98. The third-order valence-corrected chi connectivity index (χ3v) is 2.97. The number of aryl methyl sites for hydroxylation is 1. The fraction of sp³-hybridized carbons (Fsp3) is 0.562. The number of nitrogens with one attached hydrogen (secondary N) is 2. The summed E-state index contributed by atoms with van der Waals surface area (Å²) < 4.78 is 10.9. The first kappa shape index (κ1) is 17.1. The molecule has 118 valence electrons. The minimum absolute atomic E-state index is 0.157. The lowest BCUT2D eigenvalue weighted by atomic mass is 10.1. The second-order valence-electron chi connectivity index (χ2n) is 5.37. The Morgan fingerprint density at radius 1 is 1.19 bits per heavy atom. The first-order valence-electron chi connectivity index (χ1n) is 7.32. The molecule has 0 heterocycles. The van der Waals surface area contributed by atoms with Crippen LogP contribution in [0.5, 0.6) is 11.5 Å². The van der Waals surface area contributed by atoms with Gasteiger partial charge < -0.3 is 20.1 Å². The number of urea groups is 1.